The molecule has 112 valence electrons. The first-order valence-corrected chi connectivity index (χ1v) is 7.51. The molecule has 1 amide bonds. The van der Waals surface area contributed by atoms with Crippen LogP contribution in [0.3, 0.4) is 0 Å². The fourth-order valence-electron chi connectivity index (χ4n) is 2.60. The van der Waals surface area contributed by atoms with Crippen molar-refractivity contribution in [1.29, 1.82) is 0 Å². The second-order valence-electron chi connectivity index (χ2n) is 5.94. The number of aliphatic hydroxyl groups is 1. The lowest BCUT2D eigenvalue weighted by Crippen LogP contribution is -2.45. The van der Waals surface area contributed by atoms with Gasteiger partial charge in [-0.2, -0.15) is 0 Å². The lowest BCUT2D eigenvalue weighted by molar-refractivity contribution is -0.123. The zero-order chi connectivity index (χ0) is 14.3. The zero-order valence-electron chi connectivity index (χ0n) is 12.6. The number of ether oxygens (including phenoxy) is 1. The van der Waals surface area contributed by atoms with E-state index in [0.717, 1.165) is 38.0 Å². The third kappa shape index (κ3) is 5.91. The Morgan fingerprint density at radius 1 is 1.47 bits per heavy atom. The molecule has 4 nitrogen and oxygen atoms in total. The third-order valence-electron chi connectivity index (χ3n) is 4.41. The van der Waals surface area contributed by atoms with Crippen LogP contribution in [0.2, 0.25) is 0 Å². The molecule has 0 aliphatic heterocycles. The van der Waals surface area contributed by atoms with Crippen molar-refractivity contribution < 1.29 is 14.6 Å². The molecule has 2 N–H and O–H groups in total. The summed E-state index contributed by atoms with van der Waals surface area (Å²) in [5, 5.41) is 13.3. The SMILES string of the molecule is CCC1CCC(O)(CNC(=O)CCC(C)OC)CC1. The fraction of sp³-hybridized carbons (Fsp3) is 0.933. The highest BCUT2D eigenvalue weighted by Crippen LogP contribution is 2.33. The van der Waals surface area contributed by atoms with Crippen molar-refractivity contribution >= 4 is 5.91 Å². The molecule has 1 fully saturated rings. The molecular weight excluding hydrogens is 242 g/mol. The first-order chi connectivity index (χ1) is 8.99. The summed E-state index contributed by atoms with van der Waals surface area (Å²) in [6, 6.07) is 0. The van der Waals surface area contributed by atoms with Gasteiger partial charge in [-0.15, -0.1) is 0 Å². The lowest BCUT2D eigenvalue weighted by Gasteiger charge is -2.35. The smallest absolute Gasteiger partial charge is 0.220 e. The van der Waals surface area contributed by atoms with Gasteiger partial charge in [-0.05, 0) is 44.9 Å². The molecule has 0 saturated heterocycles. The molecule has 0 aromatic heterocycles. The van der Waals surface area contributed by atoms with Crippen LogP contribution in [0.15, 0.2) is 0 Å². The average molecular weight is 271 g/mol. The molecule has 1 unspecified atom stereocenters. The summed E-state index contributed by atoms with van der Waals surface area (Å²) in [4.78, 5) is 11.7. The molecule has 0 aromatic carbocycles. The minimum atomic E-state index is -0.686. The Balaban J connectivity index is 2.22. The summed E-state index contributed by atoms with van der Waals surface area (Å²) in [5.41, 5.74) is -0.686. The second kappa shape index (κ2) is 7.85. The molecule has 0 spiro atoms. The predicted octanol–water partition coefficient (Wildman–Crippen LogP) is 2.25. The van der Waals surface area contributed by atoms with E-state index in [1.54, 1.807) is 7.11 Å². The van der Waals surface area contributed by atoms with Gasteiger partial charge in [0.25, 0.3) is 0 Å². The topological polar surface area (TPSA) is 58.6 Å². The van der Waals surface area contributed by atoms with Gasteiger partial charge < -0.3 is 15.2 Å². The monoisotopic (exact) mass is 271 g/mol. The van der Waals surface area contributed by atoms with E-state index in [4.69, 9.17) is 4.74 Å². The molecule has 1 atom stereocenters. The van der Waals surface area contributed by atoms with Crippen molar-refractivity contribution in [3.05, 3.63) is 0 Å². The highest BCUT2D eigenvalue weighted by molar-refractivity contribution is 5.75. The summed E-state index contributed by atoms with van der Waals surface area (Å²) in [7, 11) is 1.65. The van der Waals surface area contributed by atoms with Gasteiger partial charge in [0.2, 0.25) is 5.91 Å². The maximum absolute atomic E-state index is 11.7. The standard InChI is InChI=1S/C15H29NO3/c1-4-13-7-9-15(18,10-8-13)11-16-14(17)6-5-12(2)19-3/h12-13,18H,4-11H2,1-3H3,(H,16,17). The highest BCUT2D eigenvalue weighted by atomic mass is 16.5. The van der Waals surface area contributed by atoms with Crippen LogP contribution in [-0.4, -0.2) is 36.4 Å². The minimum Gasteiger partial charge on any atom is -0.388 e. The van der Waals surface area contributed by atoms with Gasteiger partial charge in [0, 0.05) is 20.1 Å². The van der Waals surface area contributed by atoms with Gasteiger partial charge in [0.05, 0.1) is 11.7 Å². The molecule has 19 heavy (non-hydrogen) atoms. The number of amides is 1. The van der Waals surface area contributed by atoms with Gasteiger partial charge >= 0.3 is 0 Å². The number of carbonyl (C=O) groups excluding carboxylic acids is 1. The third-order valence-corrected chi connectivity index (χ3v) is 4.41. The van der Waals surface area contributed by atoms with Crippen molar-refractivity contribution in [3.8, 4) is 0 Å². The van der Waals surface area contributed by atoms with E-state index in [0.29, 0.717) is 13.0 Å². The number of hydrogen-bond acceptors (Lipinski definition) is 3. The van der Waals surface area contributed by atoms with Crippen LogP contribution < -0.4 is 5.32 Å². The van der Waals surface area contributed by atoms with E-state index in [-0.39, 0.29) is 12.0 Å². The van der Waals surface area contributed by atoms with Crippen LogP contribution in [-0.2, 0) is 9.53 Å². The Kier molecular flexibility index (Phi) is 6.80. The summed E-state index contributed by atoms with van der Waals surface area (Å²) in [5.74, 6) is 0.758. The molecule has 0 radical (unpaired) electrons. The van der Waals surface area contributed by atoms with Crippen molar-refractivity contribution in [3.63, 3.8) is 0 Å². The summed E-state index contributed by atoms with van der Waals surface area (Å²) < 4.78 is 5.11. The molecule has 0 bridgehead atoms. The lowest BCUT2D eigenvalue weighted by atomic mass is 9.78. The number of hydrogen-bond donors (Lipinski definition) is 2. The van der Waals surface area contributed by atoms with Gasteiger partial charge in [-0.3, -0.25) is 4.79 Å². The maximum Gasteiger partial charge on any atom is 0.220 e. The van der Waals surface area contributed by atoms with Crippen LogP contribution in [0.25, 0.3) is 0 Å². The summed E-state index contributed by atoms with van der Waals surface area (Å²) in [6.45, 7) is 4.55. The minimum absolute atomic E-state index is 0.00920. The van der Waals surface area contributed by atoms with Crippen molar-refractivity contribution in [2.75, 3.05) is 13.7 Å². The first kappa shape index (κ1) is 16.4. The van der Waals surface area contributed by atoms with E-state index in [2.05, 4.69) is 12.2 Å². The molecule has 0 aromatic rings. The summed E-state index contributed by atoms with van der Waals surface area (Å²) in [6.07, 6.45) is 6.24. The molecule has 0 heterocycles. The van der Waals surface area contributed by atoms with Crippen molar-refractivity contribution in [2.45, 2.75) is 70.5 Å². The number of rotatable bonds is 7. The Hall–Kier alpha value is -0.610. The van der Waals surface area contributed by atoms with Gasteiger partial charge in [0.1, 0.15) is 0 Å². The Morgan fingerprint density at radius 2 is 2.11 bits per heavy atom. The zero-order valence-corrected chi connectivity index (χ0v) is 12.6. The molecule has 1 aliphatic rings. The molecular formula is C15H29NO3. The van der Waals surface area contributed by atoms with Gasteiger partial charge in [-0.25, -0.2) is 0 Å². The van der Waals surface area contributed by atoms with Crippen molar-refractivity contribution in [2.24, 2.45) is 5.92 Å². The normalized spacial score (nSPS) is 28.9. The van der Waals surface area contributed by atoms with E-state index < -0.39 is 5.60 Å². The van der Waals surface area contributed by atoms with E-state index in [9.17, 15) is 9.90 Å². The van der Waals surface area contributed by atoms with E-state index in [1.165, 1.54) is 6.42 Å². The van der Waals surface area contributed by atoms with Gasteiger partial charge in [0.15, 0.2) is 0 Å². The van der Waals surface area contributed by atoms with Crippen molar-refractivity contribution in [1.82, 2.24) is 5.32 Å². The largest absolute Gasteiger partial charge is 0.388 e. The molecule has 1 saturated carbocycles. The van der Waals surface area contributed by atoms with Gasteiger partial charge in [-0.1, -0.05) is 13.3 Å². The Labute approximate surface area is 116 Å². The van der Waals surface area contributed by atoms with E-state index in [1.807, 2.05) is 6.92 Å². The van der Waals surface area contributed by atoms with Crippen LogP contribution in [0, 0.1) is 5.92 Å². The summed E-state index contributed by atoms with van der Waals surface area (Å²) >= 11 is 0. The number of carbonyl (C=O) groups is 1. The highest BCUT2D eigenvalue weighted by Gasteiger charge is 2.32. The average Bonchev–Trinajstić information content (AvgIpc) is 2.43. The maximum atomic E-state index is 11.7. The Morgan fingerprint density at radius 3 is 2.63 bits per heavy atom. The number of nitrogens with one attached hydrogen (secondary N) is 1. The predicted molar refractivity (Wildman–Crippen MR) is 75.9 cm³/mol. The Bertz CT molecular complexity index is 273. The quantitative estimate of drug-likeness (QED) is 0.746. The molecule has 1 aliphatic carbocycles. The van der Waals surface area contributed by atoms with Crippen LogP contribution in [0.1, 0.15) is 58.8 Å². The fourth-order valence-corrected chi connectivity index (χ4v) is 2.60. The van der Waals surface area contributed by atoms with Crippen LogP contribution >= 0.6 is 0 Å². The van der Waals surface area contributed by atoms with Crippen LogP contribution in [0.5, 0.6) is 0 Å². The second-order valence-corrected chi connectivity index (χ2v) is 5.94. The van der Waals surface area contributed by atoms with Crippen LogP contribution in [0.4, 0.5) is 0 Å². The van der Waals surface area contributed by atoms with E-state index >= 15 is 0 Å². The molecule has 1 rings (SSSR count). The number of methoxy groups -OCH3 is 1. The molecule has 4 heteroatoms. The first-order valence-electron chi connectivity index (χ1n) is 7.51.